The fraction of sp³-hybridized carbons (Fsp3) is 0.167. The molecule has 0 unspecified atom stereocenters. The average Bonchev–Trinajstić information content (AvgIpc) is 3.29. The van der Waals surface area contributed by atoms with Crippen LogP contribution in [0.25, 0.3) is 22.9 Å². The lowest BCUT2D eigenvalue weighted by Gasteiger charge is -2.16. The van der Waals surface area contributed by atoms with E-state index in [-0.39, 0.29) is 5.82 Å². The van der Waals surface area contributed by atoms with Crippen molar-refractivity contribution < 1.29 is 18.3 Å². The minimum absolute atomic E-state index is 0.271. The highest BCUT2D eigenvalue weighted by Gasteiger charge is 2.17. The van der Waals surface area contributed by atoms with Crippen molar-refractivity contribution in [2.75, 3.05) is 6.61 Å². The topological polar surface area (TPSA) is 57.4 Å². The van der Waals surface area contributed by atoms with Crippen LogP contribution in [0.4, 0.5) is 4.39 Å². The zero-order valence-electron chi connectivity index (χ0n) is 16.2. The van der Waals surface area contributed by atoms with Gasteiger partial charge in [-0.3, -0.25) is 0 Å². The van der Waals surface area contributed by atoms with Gasteiger partial charge >= 0.3 is 0 Å². The Labute approximate surface area is 173 Å². The third-order valence-corrected chi connectivity index (χ3v) is 5.08. The predicted octanol–water partition coefficient (Wildman–Crippen LogP) is 5.19. The number of hydrogen-bond acceptors (Lipinski definition) is 5. The van der Waals surface area contributed by atoms with E-state index in [0.717, 1.165) is 24.2 Å². The van der Waals surface area contributed by atoms with Gasteiger partial charge in [-0.05, 0) is 59.5 Å². The van der Waals surface area contributed by atoms with Crippen LogP contribution in [-0.2, 0) is 24.4 Å². The second-order valence-electron chi connectivity index (χ2n) is 7.11. The molecule has 0 saturated heterocycles. The van der Waals surface area contributed by atoms with Crippen LogP contribution >= 0.6 is 0 Å². The molecule has 0 radical (unpaired) electrons. The highest BCUT2D eigenvalue weighted by molar-refractivity contribution is 5.64. The van der Waals surface area contributed by atoms with Gasteiger partial charge in [0.2, 0.25) is 5.89 Å². The number of hydrogen-bond donors (Lipinski definition) is 0. The third-order valence-electron chi connectivity index (χ3n) is 5.08. The Morgan fingerprint density at radius 1 is 0.900 bits per heavy atom. The molecule has 2 heterocycles. The van der Waals surface area contributed by atoms with Crippen LogP contribution < -0.4 is 4.74 Å². The van der Waals surface area contributed by atoms with Crippen LogP contribution in [0, 0.1) is 5.82 Å². The highest BCUT2D eigenvalue weighted by Crippen LogP contribution is 2.32. The normalized spacial score (nSPS) is 13.1. The summed E-state index contributed by atoms with van der Waals surface area (Å²) in [6, 6.07) is 19.8. The number of halogens is 1. The first kappa shape index (κ1) is 18.5. The molecule has 1 aliphatic rings. The Morgan fingerprint density at radius 3 is 2.63 bits per heavy atom. The van der Waals surface area contributed by atoms with Gasteiger partial charge in [-0.1, -0.05) is 30.3 Å². The van der Waals surface area contributed by atoms with E-state index in [1.54, 1.807) is 12.1 Å². The van der Waals surface area contributed by atoms with E-state index in [1.165, 1.54) is 23.3 Å². The van der Waals surface area contributed by atoms with Crippen molar-refractivity contribution in [3.05, 3.63) is 89.2 Å². The van der Waals surface area contributed by atoms with Crippen LogP contribution in [0.3, 0.4) is 0 Å². The smallest absolute Gasteiger partial charge is 0.251 e. The van der Waals surface area contributed by atoms with Crippen LogP contribution in [0.5, 0.6) is 5.75 Å². The molecule has 0 amide bonds. The van der Waals surface area contributed by atoms with Crippen molar-refractivity contribution in [2.24, 2.45) is 0 Å². The Morgan fingerprint density at radius 2 is 1.73 bits per heavy atom. The lowest BCUT2D eigenvalue weighted by atomic mass is 10.0. The number of para-hydroxylation sites is 1. The molecule has 150 valence electrons. The second-order valence-corrected chi connectivity index (χ2v) is 7.11. The van der Waals surface area contributed by atoms with Gasteiger partial charge in [0.25, 0.3) is 5.89 Å². The maximum atomic E-state index is 13.1. The third kappa shape index (κ3) is 3.82. The lowest BCUT2D eigenvalue weighted by Crippen LogP contribution is -2.09. The Balaban J connectivity index is 1.39. The molecule has 1 aliphatic heterocycles. The Bertz CT molecular complexity index is 1170. The van der Waals surface area contributed by atoms with Gasteiger partial charge in [0.05, 0.1) is 18.8 Å². The van der Waals surface area contributed by atoms with Crippen molar-refractivity contribution in [3.8, 4) is 28.7 Å². The standard InChI is InChI=1S/C24H19FN2O3/c25-20-9-5-16(6-10-20)14-29-22-4-2-1-3-21(22)24-27-26-23(30-24)18-7-8-19-15-28-12-11-17(19)13-18/h1-10,13H,11-12,14-15H2. The van der Waals surface area contributed by atoms with Crippen molar-refractivity contribution in [1.29, 1.82) is 0 Å². The maximum absolute atomic E-state index is 13.1. The molecule has 30 heavy (non-hydrogen) atoms. The molecule has 0 bridgehead atoms. The molecule has 0 saturated carbocycles. The molecular weight excluding hydrogens is 383 g/mol. The molecule has 5 rings (SSSR count). The number of nitrogens with zero attached hydrogens (tertiary/aromatic N) is 2. The summed E-state index contributed by atoms with van der Waals surface area (Å²) >= 11 is 0. The molecule has 5 nitrogen and oxygen atoms in total. The van der Waals surface area contributed by atoms with Gasteiger partial charge in [-0.2, -0.15) is 0 Å². The van der Waals surface area contributed by atoms with E-state index < -0.39 is 0 Å². The first-order valence-corrected chi connectivity index (χ1v) is 9.76. The summed E-state index contributed by atoms with van der Waals surface area (Å²) < 4.78 is 30.5. The Kier molecular flexibility index (Phi) is 4.99. The number of fused-ring (bicyclic) bond motifs is 1. The quantitative estimate of drug-likeness (QED) is 0.460. The van der Waals surface area contributed by atoms with Crippen LogP contribution in [0.1, 0.15) is 16.7 Å². The van der Waals surface area contributed by atoms with E-state index >= 15 is 0 Å². The number of benzene rings is 3. The van der Waals surface area contributed by atoms with Crippen molar-refractivity contribution in [1.82, 2.24) is 10.2 Å². The zero-order valence-corrected chi connectivity index (χ0v) is 16.2. The van der Waals surface area contributed by atoms with Gasteiger partial charge in [-0.25, -0.2) is 4.39 Å². The first-order valence-electron chi connectivity index (χ1n) is 9.76. The zero-order chi connectivity index (χ0) is 20.3. The van der Waals surface area contributed by atoms with Crippen LogP contribution in [-0.4, -0.2) is 16.8 Å². The molecule has 0 fully saturated rings. The minimum Gasteiger partial charge on any atom is -0.488 e. The summed E-state index contributed by atoms with van der Waals surface area (Å²) in [5.74, 6) is 1.21. The number of aromatic nitrogens is 2. The van der Waals surface area contributed by atoms with Gasteiger partial charge in [0.15, 0.2) is 0 Å². The molecule has 0 spiro atoms. The average molecular weight is 402 g/mol. The number of ether oxygens (including phenoxy) is 2. The first-order chi connectivity index (χ1) is 14.8. The summed E-state index contributed by atoms with van der Waals surface area (Å²) in [4.78, 5) is 0. The van der Waals surface area contributed by atoms with Crippen molar-refractivity contribution in [2.45, 2.75) is 19.6 Å². The summed E-state index contributed by atoms with van der Waals surface area (Å²) in [6.07, 6.45) is 0.879. The molecule has 4 aromatic rings. The lowest BCUT2D eigenvalue weighted by molar-refractivity contribution is 0.111. The minimum atomic E-state index is -0.271. The summed E-state index contributed by atoms with van der Waals surface area (Å²) in [6.45, 7) is 1.68. The fourth-order valence-electron chi connectivity index (χ4n) is 3.46. The SMILES string of the molecule is Fc1ccc(COc2ccccc2-c2nnc(-c3ccc4c(c3)CCOC4)o2)cc1. The molecule has 6 heteroatoms. The molecule has 0 N–H and O–H groups in total. The molecule has 1 aromatic heterocycles. The summed E-state index contributed by atoms with van der Waals surface area (Å²) in [5, 5.41) is 8.47. The molecule has 0 aliphatic carbocycles. The largest absolute Gasteiger partial charge is 0.488 e. The second kappa shape index (κ2) is 8.08. The van der Waals surface area contributed by atoms with E-state index in [0.29, 0.717) is 36.3 Å². The summed E-state index contributed by atoms with van der Waals surface area (Å²) in [5.41, 5.74) is 4.92. The molecule has 3 aromatic carbocycles. The maximum Gasteiger partial charge on any atom is 0.251 e. The van der Waals surface area contributed by atoms with Crippen molar-refractivity contribution >= 4 is 0 Å². The van der Waals surface area contributed by atoms with Crippen molar-refractivity contribution in [3.63, 3.8) is 0 Å². The fourth-order valence-corrected chi connectivity index (χ4v) is 3.46. The van der Waals surface area contributed by atoms with E-state index in [1.807, 2.05) is 36.4 Å². The van der Waals surface area contributed by atoms with Crippen LogP contribution in [0.15, 0.2) is 71.1 Å². The van der Waals surface area contributed by atoms with Gasteiger partial charge in [0, 0.05) is 5.56 Å². The van der Waals surface area contributed by atoms with Crippen LogP contribution in [0.2, 0.25) is 0 Å². The highest BCUT2D eigenvalue weighted by atomic mass is 19.1. The van der Waals surface area contributed by atoms with Gasteiger partial charge in [-0.15, -0.1) is 10.2 Å². The van der Waals surface area contributed by atoms with E-state index in [2.05, 4.69) is 16.3 Å². The predicted molar refractivity (Wildman–Crippen MR) is 109 cm³/mol. The molecule has 0 atom stereocenters. The summed E-state index contributed by atoms with van der Waals surface area (Å²) in [7, 11) is 0. The van der Waals surface area contributed by atoms with E-state index in [9.17, 15) is 4.39 Å². The van der Waals surface area contributed by atoms with Gasteiger partial charge in [0.1, 0.15) is 18.2 Å². The number of rotatable bonds is 5. The molecular formula is C24H19FN2O3. The van der Waals surface area contributed by atoms with E-state index in [4.69, 9.17) is 13.9 Å². The van der Waals surface area contributed by atoms with Gasteiger partial charge < -0.3 is 13.9 Å². The monoisotopic (exact) mass is 402 g/mol. The Hall–Kier alpha value is -3.51.